The zero-order valence-electron chi connectivity index (χ0n) is 12.6. The molecule has 0 saturated carbocycles. The summed E-state index contributed by atoms with van der Waals surface area (Å²) in [5, 5.41) is 2.68. The van der Waals surface area contributed by atoms with Crippen LogP contribution in [0.25, 0.3) is 0 Å². The predicted octanol–water partition coefficient (Wildman–Crippen LogP) is 2.65. The highest BCUT2D eigenvalue weighted by atomic mass is 32.2. The van der Waals surface area contributed by atoms with Crippen molar-refractivity contribution < 1.29 is 17.9 Å². The molecule has 1 aliphatic rings. The minimum atomic E-state index is -3.01. The van der Waals surface area contributed by atoms with E-state index in [1.54, 1.807) is 6.92 Å². The second kappa shape index (κ2) is 7.86. The van der Waals surface area contributed by atoms with Crippen LogP contribution in [0.2, 0.25) is 0 Å². The summed E-state index contributed by atoms with van der Waals surface area (Å²) in [6.45, 7) is 4.33. The Bertz CT molecular complexity index is 407. The molecule has 0 spiro atoms. The highest BCUT2D eigenvalue weighted by Gasteiger charge is 2.39. The third kappa shape index (κ3) is 6.59. The maximum Gasteiger partial charge on any atom is 0.407 e. The molecule has 1 rings (SSSR count). The van der Waals surface area contributed by atoms with Crippen LogP contribution in [0.3, 0.4) is 0 Å². The molecule has 1 atom stereocenters. The van der Waals surface area contributed by atoms with Crippen LogP contribution in [0, 0.1) is 0 Å². The molecule has 0 bridgehead atoms. The summed E-state index contributed by atoms with van der Waals surface area (Å²) >= 11 is 0. The van der Waals surface area contributed by atoms with Gasteiger partial charge in [0.1, 0.15) is 0 Å². The fourth-order valence-electron chi connectivity index (χ4n) is 2.44. The summed E-state index contributed by atoms with van der Waals surface area (Å²) in [4.78, 5) is 11.6. The summed E-state index contributed by atoms with van der Waals surface area (Å²) in [6, 6.07) is 0. The monoisotopic (exact) mass is 305 g/mol. The number of alkyl carbamates (subject to hydrolysis) is 1. The van der Waals surface area contributed by atoms with Gasteiger partial charge in [0, 0.05) is 0 Å². The lowest BCUT2D eigenvalue weighted by molar-refractivity contribution is 0.134. The van der Waals surface area contributed by atoms with Crippen molar-refractivity contribution in [1.82, 2.24) is 5.32 Å². The van der Waals surface area contributed by atoms with E-state index in [0.29, 0.717) is 13.0 Å². The van der Waals surface area contributed by atoms with E-state index in [2.05, 4.69) is 12.2 Å². The van der Waals surface area contributed by atoms with E-state index in [0.717, 1.165) is 12.8 Å². The first-order valence-corrected chi connectivity index (χ1v) is 9.34. The van der Waals surface area contributed by atoms with Crippen LogP contribution in [0.15, 0.2) is 0 Å². The fraction of sp³-hybridized carbons (Fsp3) is 0.929. The van der Waals surface area contributed by atoms with Gasteiger partial charge in [0.25, 0.3) is 0 Å². The van der Waals surface area contributed by atoms with Crippen LogP contribution >= 0.6 is 0 Å². The zero-order chi connectivity index (χ0) is 15.1. The first kappa shape index (κ1) is 17.3. The Kier molecular flexibility index (Phi) is 6.79. The molecular weight excluding hydrogens is 278 g/mol. The predicted molar refractivity (Wildman–Crippen MR) is 79.5 cm³/mol. The number of carbonyl (C=O) groups is 1. The van der Waals surface area contributed by atoms with Crippen LogP contribution in [0.4, 0.5) is 4.79 Å². The number of nitrogens with one attached hydrogen (secondary N) is 1. The Hall–Kier alpha value is -0.780. The van der Waals surface area contributed by atoms with Gasteiger partial charge in [-0.2, -0.15) is 0 Å². The molecule has 1 amide bonds. The van der Waals surface area contributed by atoms with E-state index in [-0.39, 0.29) is 11.5 Å². The third-order valence-electron chi connectivity index (χ3n) is 3.64. The molecule has 1 fully saturated rings. The number of amides is 1. The van der Waals surface area contributed by atoms with Gasteiger partial charge in [-0.3, -0.25) is 0 Å². The third-order valence-corrected chi connectivity index (χ3v) is 5.54. The van der Waals surface area contributed by atoms with Gasteiger partial charge in [0.15, 0.2) is 9.84 Å². The Morgan fingerprint density at radius 2 is 1.85 bits per heavy atom. The van der Waals surface area contributed by atoms with Gasteiger partial charge in [-0.1, -0.05) is 39.0 Å². The molecule has 1 N–H and O–H groups in total. The Labute approximate surface area is 122 Å². The molecule has 0 aromatic rings. The molecule has 1 saturated heterocycles. The molecule has 0 aromatic heterocycles. The van der Waals surface area contributed by atoms with Crippen molar-refractivity contribution >= 4 is 15.9 Å². The molecule has 0 aromatic carbocycles. The molecule has 5 nitrogen and oxygen atoms in total. The van der Waals surface area contributed by atoms with Crippen molar-refractivity contribution in [2.45, 2.75) is 64.3 Å². The van der Waals surface area contributed by atoms with Crippen molar-refractivity contribution in [3.63, 3.8) is 0 Å². The quantitative estimate of drug-likeness (QED) is 0.700. The van der Waals surface area contributed by atoms with E-state index in [1.165, 1.54) is 25.7 Å². The number of carbonyl (C=O) groups excluding carboxylic acids is 1. The van der Waals surface area contributed by atoms with Gasteiger partial charge < -0.3 is 10.1 Å². The molecule has 1 unspecified atom stereocenters. The lowest BCUT2D eigenvalue weighted by Gasteiger charge is -2.23. The van der Waals surface area contributed by atoms with E-state index >= 15 is 0 Å². The van der Waals surface area contributed by atoms with E-state index in [9.17, 15) is 13.2 Å². The van der Waals surface area contributed by atoms with Gasteiger partial charge in [-0.25, -0.2) is 13.2 Å². The molecular formula is C14H27NO4S. The number of rotatable bonds is 8. The van der Waals surface area contributed by atoms with Crippen molar-refractivity contribution in [3.05, 3.63) is 0 Å². The van der Waals surface area contributed by atoms with Crippen molar-refractivity contribution in [2.75, 3.05) is 18.1 Å². The van der Waals surface area contributed by atoms with Crippen LogP contribution in [0.1, 0.15) is 58.8 Å². The SMILES string of the molecule is CCCCCCCCOC(=O)NC1(C)CCS(=O)(=O)C1. The molecule has 0 radical (unpaired) electrons. The average Bonchev–Trinajstić information content (AvgIpc) is 2.62. The first-order valence-electron chi connectivity index (χ1n) is 7.52. The van der Waals surface area contributed by atoms with E-state index in [1.807, 2.05) is 0 Å². The summed E-state index contributed by atoms with van der Waals surface area (Å²) in [7, 11) is -3.01. The minimum Gasteiger partial charge on any atom is -0.450 e. The second-order valence-corrected chi connectivity index (χ2v) is 8.12. The molecule has 1 aliphatic heterocycles. The van der Waals surface area contributed by atoms with Gasteiger partial charge in [-0.05, 0) is 19.8 Å². The molecule has 6 heteroatoms. The highest BCUT2D eigenvalue weighted by molar-refractivity contribution is 7.91. The van der Waals surface area contributed by atoms with Gasteiger partial charge in [0.2, 0.25) is 0 Å². The van der Waals surface area contributed by atoms with Crippen molar-refractivity contribution in [1.29, 1.82) is 0 Å². The highest BCUT2D eigenvalue weighted by Crippen LogP contribution is 2.22. The van der Waals surface area contributed by atoms with Gasteiger partial charge in [0.05, 0.1) is 23.7 Å². The largest absolute Gasteiger partial charge is 0.450 e. The maximum absolute atomic E-state index is 11.6. The summed E-state index contributed by atoms with van der Waals surface area (Å²) < 4.78 is 27.9. The van der Waals surface area contributed by atoms with Crippen LogP contribution < -0.4 is 5.32 Å². The summed E-state index contributed by atoms with van der Waals surface area (Å²) in [5.41, 5.74) is -0.670. The number of hydrogen-bond donors (Lipinski definition) is 1. The standard InChI is InChI=1S/C14H27NO4S/c1-3-4-5-6-7-8-10-19-13(16)15-14(2)9-11-20(17,18)12-14/h3-12H2,1-2H3,(H,15,16). The Morgan fingerprint density at radius 1 is 1.20 bits per heavy atom. The lowest BCUT2D eigenvalue weighted by Crippen LogP contribution is -2.47. The molecule has 118 valence electrons. The molecule has 1 heterocycles. The van der Waals surface area contributed by atoms with Gasteiger partial charge >= 0.3 is 6.09 Å². The van der Waals surface area contributed by atoms with Crippen molar-refractivity contribution in [3.8, 4) is 0 Å². The Balaban J connectivity index is 2.12. The van der Waals surface area contributed by atoms with E-state index < -0.39 is 21.5 Å². The summed E-state index contributed by atoms with van der Waals surface area (Å²) in [5.74, 6) is 0.146. The lowest BCUT2D eigenvalue weighted by atomic mass is 10.0. The number of sulfone groups is 1. The minimum absolute atomic E-state index is 0.00607. The number of ether oxygens (including phenoxy) is 1. The number of hydrogen-bond acceptors (Lipinski definition) is 4. The molecule has 0 aliphatic carbocycles. The van der Waals surface area contributed by atoms with Crippen LogP contribution in [0.5, 0.6) is 0 Å². The zero-order valence-corrected chi connectivity index (χ0v) is 13.4. The van der Waals surface area contributed by atoms with Crippen LogP contribution in [-0.2, 0) is 14.6 Å². The average molecular weight is 305 g/mol. The Morgan fingerprint density at radius 3 is 2.45 bits per heavy atom. The second-order valence-electron chi connectivity index (χ2n) is 5.93. The first-order chi connectivity index (χ1) is 9.37. The molecule has 20 heavy (non-hydrogen) atoms. The summed E-state index contributed by atoms with van der Waals surface area (Å²) in [6.07, 6.45) is 6.78. The van der Waals surface area contributed by atoms with Crippen LogP contribution in [-0.4, -0.2) is 38.2 Å². The van der Waals surface area contributed by atoms with Crippen molar-refractivity contribution in [2.24, 2.45) is 0 Å². The normalized spacial score (nSPS) is 24.5. The topological polar surface area (TPSA) is 72.5 Å². The van der Waals surface area contributed by atoms with E-state index in [4.69, 9.17) is 4.74 Å². The van der Waals surface area contributed by atoms with Gasteiger partial charge in [-0.15, -0.1) is 0 Å². The fourth-order valence-corrected chi connectivity index (χ4v) is 4.53. The maximum atomic E-state index is 11.6. The number of unbranched alkanes of at least 4 members (excludes halogenated alkanes) is 5. The smallest absolute Gasteiger partial charge is 0.407 e.